The first-order valence-corrected chi connectivity index (χ1v) is 8.79. The third-order valence-corrected chi connectivity index (χ3v) is 3.20. The molecule has 0 radical (unpaired) electrons. The molecule has 0 saturated heterocycles. The van der Waals surface area contributed by atoms with Crippen molar-refractivity contribution < 1.29 is 57.2 Å². The molecule has 0 saturated carbocycles. The molecule has 0 bridgehead atoms. The third-order valence-electron chi connectivity index (χ3n) is 3.20. The summed E-state index contributed by atoms with van der Waals surface area (Å²) in [5.41, 5.74) is 0. The number of hydrogen-bond donors (Lipinski definition) is 0. The lowest BCUT2D eigenvalue weighted by Crippen LogP contribution is -2.54. The SMILES string of the molecule is CC(=O)OC[C@@H](OC(C)=O)[C@@H](OC(C)=O)[C@H](OC(C)=O)[C@@H](COC(C)=O)OC(C)=O. The van der Waals surface area contributed by atoms with Gasteiger partial charge in [0, 0.05) is 41.5 Å². The van der Waals surface area contributed by atoms with Crippen molar-refractivity contribution in [1.82, 2.24) is 0 Å². The monoisotopic (exact) mass is 434 g/mol. The Labute approximate surface area is 173 Å². The molecule has 0 aliphatic heterocycles. The normalized spacial score (nSPS) is 14.2. The second-order valence-corrected chi connectivity index (χ2v) is 6.05. The highest BCUT2D eigenvalue weighted by Gasteiger charge is 2.44. The van der Waals surface area contributed by atoms with Crippen LogP contribution in [0.1, 0.15) is 41.5 Å². The molecule has 12 nitrogen and oxygen atoms in total. The van der Waals surface area contributed by atoms with Crippen molar-refractivity contribution in [2.45, 2.75) is 66.0 Å². The van der Waals surface area contributed by atoms with Crippen LogP contribution >= 0.6 is 0 Å². The number of esters is 6. The molecule has 0 aromatic heterocycles. The van der Waals surface area contributed by atoms with Crippen LogP contribution < -0.4 is 0 Å². The minimum atomic E-state index is -1.57. The van der Waals surface area contributed by atoms with E-state index in [4.69, 9.17) is 28.4 Å². The Bertz CT molecular complexity index is 600. The molecular formula is C18H26O12. The van der Waals surface area contributed by atoms with E-state index in [1.165, 1.54) is 0 Å². The van der Waals surface area contributed by atoms with E-state index in [-0.39, 0.29) is 0 Å². The van der Waals surface area contributed by atoms with Crippen molar-refractivity contribution in [2.75, 3.05) is 13.2 Å². The number of carbonyl (C=O) groups is 6. The molecule has 12 heteroatoms. The largest absolute Gasteiger partial charge is 0.462 e. The maximum absolute atomic E-state index is 11.7. The van der Waals surface area contributed by atoms with E-state index >= 15 is 0 Å². The van der Waals surface area contributed by atoms with E-state index in [9.17, 15) is 28.8 Å². The highest BCUT2D eigenvalue weighted by molar-refractivity contribution is 5.69. The highest BCUT2D eigenvalue weighted by Crippen LogP contribution is 2.20. The molecule has 0 amide bonds. The lowest BCUT2D eigenvalue weighted by Gasteiger charge is -2.35. The van der Waals surface area contributed by atoms with Crippen molar-refractivity contribution in [2.24, 2.45) is 0 Å². The first-order valence-electron chi connectivity index (χ1n) is 8.79. The number of hydrogen-bond acceptors (Lipinski definition) is 12. The average Bonchev–Trinajstić information content (AvgIpc) is 2.57. The maximum atomic E-state index is 11.7. The fraction of sp³-hybridized carbons (Fsp3) is 0.667. The van der Waals surface area contributed by atoms with Gasteiger partial charge in [0.05, 0.1) is 0 Å². The molecule has 0 aliphatic carbocycles. The predicted molar refractivity (Wildman–Crippen MR) is 95.5 cm³/mol. The molecule has 0 spiro atoms. The zero-order valence-electron chi connectivity index (χ0n) is 17.6. The van der Waals surface area contributed by atoms with Gasteiger partial charge in [-0.15, -0.1) is 0 Å². The van der Waals surface area contributed by atoms with Crippen molar-refractivity contribution in [3.05, 3.63) is 0 Å². The quantitative estimate of drug-likeness (QED) is 0.313. The van der Waals surface area contributed by atoms with Gasteiger partial charge in [-0.2, -0.15) is 0 Å². The van der Waals surface area contributed by atoms with Gasteiger partial charge in [-0.05, 0) is 0 Å². The minimum absolute atomic E-state index is 0.565. The smallest absolute Gasteiger partial charge is 0.303 e. The van der Waals surface area contributed by atoms with E-state index < -0.39 is 73.4 Å². The Balaban J connectivity index is 6.19. The molecule has 30 heavy (non-hydrogen) atoms. The summed E-state index contributed by atoms with van der Waals surface area (Å²) >= 11 is 0. The van der Waals surface area contributed by atoms with Crippen LogP contribution in [0.5, 0.6) is 0 Å². The van der Waals surface area contributed by atoms with Crippen LogP contribution in [0.4, 0.5) is 0 Å². The van der Waals surface area contributed by atoms with Crippen LogP contribution in [-0.4, -0.2) is 73.4 Å². The molecule has 0 unspecified atom stereocenters. The lowest BCUT2D eigenvalue weighted by atomic mass is 10.0. The molecule has 0 rings (SSSR count). The molecule has 0 fully saturated rings. The maximum Gasteiger partial charge on any atom is 0.303 e. The van der Waals surface area contributed by atoms with Crippen LogP contribution in [0.3, 0.4) is 0 Å². The van der Waals surface area contributed by atoms with E-state index in [1.54, 1.807) is 0 Å². The first kappa shape index (κ1) is 26.8. The van der Waals surface area contributed by atoms with E-state index in [1.807, 2.05) is 0 Å². The molecule has 0 heterocycles. The van der Waals surface area contributed by atoms with Gasteiger partial charge in [-0.25, -0.2) is 0 Å². The third kappa shape index (κ3) is 11.6. The van der Waals surface area contributed by atoms with Crippen molar-refractivity contribution >= 4 is 35.8 Å². The lowest BCUT2D eigenvalue weighted by molar-refractivity contribution is -0.206. The number of carbonyl (C=O) groups excluding carboxylic acids is 6. The van der Waals surface area contributed by atoms with Gasteiger partial charge in [-0.3, -0.25) is 28.8 Å². The molecule has 4 atom stereocenters. The van der Waals surface area contributed by atoms with Crippen LogP contribution in [0.2, 0.25) is 0 Å². The summed E-state index contributed by atoms with van der Waals surface area (Å²) in [4.78, 5) is 68.8. The van der Waals surface area contributed by atoms with Gasteiger partial charge in [0.25, 0.3) is 0 Å². The second-order valence-electron chi connectivity index (χ2n) is 6.05. The van der Waals surface area contributed by atoms with Gasteiger partial charge < -0.3 is 28.4 Å². The summed E-state index contributed by atoms with van der Waals surface area (Å²) in [5, 5.41) is 0. The number of rotatable bonds is 11. The van der Waals surface area contributed by atoms with Crippen LogP contribution in [-0.2, 0) is 57.2 Å². The van der Waals surface area contributed by atoms with Crippen molar-refractivity contribution in [3.63, 3.8) is 0 Å². The fourth-order valence-corrected chi connectivity index (χ4v) is 2.31. The topological polar surface area (TPSA) is 158 Å². The molecular weight excluding hydrogens is 408 g/mol. The van der Waals surface area contributed by atoms with Crippen LogP contribution in [0, 0.1) is 0 Å². The average molecular weight is 434 g/mol. The Morgan fingerprint density at radius 2 is 0.733 bits per heavy atom. The molecule has 0 aliphatic rings. The molecule has 0 aromatic carbocycles. The Hall–Kier alpha value is -3.18. The zero-order valence-corrected chi connectivity index (χ0v) is 17.6. The predicted octanol–water partition coefficient (Wildman–Crippen LogP) is -0.161. The van der Waals surface area contributed by atoms with Gasteiger partial charge in [0.1, 0.15) is 13.2 Å². The van der Waals surface area contributed by atoms with E-state index in [0.717, 1.165) is 41.5 Å². The molecule has 0 aromatic rings. The van der Waals surface area contributed by atoms with Gasteiger partial charge in [0.15, 0.2) is 24.4 Å². The first-order chi connectivity index (χ1) is 13.8. The highest BCUT2D eigenvalue weighted by atomic mass is 16.6. The second kappa shape index (κ2) is 13.1. The zero-order chi connectivity index (χ0) is 23.4. The Morgan fingerprint density at radius 1 is 0.467 bits per heavy atom. The van der Waals surface area contributed by atoms with Gasteiger partial charge in [0.2, 0.25) is 0 Å². The molecule has 0 N–H and O–H groups in total. The van der Waals surface area contributed by atoms with Gasteiger partial charge in [-0.1, -0.05) is 0 Å². The standard InChI is InChI=1S/C18H26O12/c1-9(19)25-7-15(27-11(3)21)17(29-13(5)23)18(30-14(6)24)16(28-12(4)22)8-26-10(2)20/h15-18H,7-8H2,1-6H3/t15-,16-,17-,18-/m1/s1. The summed E-state index contributed by atoms with van der Waals surface area (Å²) in [6.45, 7) is 5.22. The summed E-state index contributed by atoms with van der Waals surface area (Å²) in [6, 6.07) is 0. The van der Waals surface area contributed by atoms with E-state index in [0.29, 0.717) is 0 Å². The Morgan fingerprint density at radius 3 is 0.933 bits per heavy atom. The summed E-state index contributed by atoms with van der Waals surface area (Å²) < 4.78 is 30.2. The van der Waals surface area contributed by atoms with Gasteiger partial charge >= 0.3 is 35.8 Å². The van der Waals surface area contributed by atoms with Crippen molar-refractivity contribution in [1.29, 1.82) is 0 Å². The summed E-state index contributed by atoms with van der Waals surface area (Å²) in [7, 11) is 0. The summed E-state index contributed by atoms with van der Waals surface area (Å²) in [6.07, 6.45) is -6.02. The van der Waals surface area contributed by atoms with Crippen molar-refractivity contribution in [3.8, 4) is 0 Å². The van der Waals surface area contributed by atoms with Crippen LogP contribution in [0.15, 0.2) is 0 Å². The molecule has 170 valence electrons. The minimum Gasteiger partial charge on any atom is -0.462 e. The fourth-order valence-electron chi connectivity index (χ4n) is 2.31. The number of ether oxygens (including phenoxy) is 6. The van der Waals surface area contributed by atoms with E-state index in [2.05, 4.69) is 0 Å². The van der Waals surface area contributed by atoms with Crippen LogP contribution in [0.25, 0.3) is 0 Å². The summed E-state index contributed by atoms with van der Waals surface area (Å²) in [5.74, 6) is -4.84. The Kier molecular flexibility index (Phi) is 11.7.